The predicted molar refractivity (Wildman–Crippen MR) is 82.8 cm³/mol. The van der Waals surface area contributed by atoms with E-state index in [-0.39, 0.29) is 17.7 Å². The van der Waals surface area contributed by atoms with E-state index in [4.69, 9.17) is 4.84 Å². The molecule has 0 spiro atoms. The van der Waals surface area contributed by atoms with Crippen molar-refractivity contribution in [2.24, 2.45) is 5.92 Å². The maximum absolute atomic E-state index is 12.6. The van der Waals surface area contributed by atoms with Crippen LogP contribution in [0, 0.1) is 5.92 Å². The Morgan fingerprint density at radius 2 is 1.77 bits per heavy atom. The van der Waals surface area contributed by atoms with Gasteiger partial charge in [-0.1, -0.05) is 25.7 Å². The molecule has 124 valence electrons. The van der Waals surface area contributed by atoms with Crippen molar-refractivity contribution in [3.8, 4) is 0 Å². The minimum atomic E-state index is -0.0703. The summed E-state index contributed by atoms with van der Waals surface area (Å²) in [6.45, 7) is 1.94. The second-order valence-corrected chi connectivity index (χ2v) is 6.91. The molecular formula is C17H28N2O3. The van der Waals surface area contributed by atoms with E-state index in [0.29, 0.717) is 38.6 Å². The molecule has 0 N–H and O–H groups in total. The Balaban J connectivity index is 1.62. The summed E-state index contributed by atoms with van der Waals surface area (Å²) in [5, 5.41) is 1.55. The Kier molecular flexibility index (Phi) is 5.34. The van der Waals surface area contributed by atoms with Gasteiger partial charge in [0.15, 0.2) is 0 Å². The lowest BCUT2D eigenvalue weighted by molar-refractivity contribution is -0.203. The van der Waals surface area contributed by atoms with Crippen LogP contribution in [0.2, 0.25) is 0 Å². The van der Waals surface area contributed by atoms with Gasteiger partial charge in [0.05, 0.1) is 12.5 Å². The van der Waals surface area contributed by atoms with Crippen LogP contribution >= 0.6 is 0 Å². The third kappa shape index (κ3) is 3.62. The zero-order chi connectivity index (χ0) is 15.4. The Hall–Kier alpha value is -1.10. The molecule has 1 atom stereocenters. The van der Waals surface area contributed by atoms with Gasteiger partial charge in [-0.05, 0) is 32.1 Å². The van der Waals surface area contributed by atoms with Gasteiger partial charge in [-0.15, -0.1) is 0 Å². The molecule has 2 amide bonds. The van der Waals surface area contributed by atoms with Crippen molar-refractivity contribution >= 4 is 11.8 Å². The summed E-state index contributed by atoms with van der Waals surface area (Å²) < 4.78 is 0. The fraction of sp³-hybridized carbons (Fsp3) is 0.882. The number of piperidine rings is 1. The smallest absolute Gasteiger partial charge is 0.251 e. The molecule has 0 bridgehead atoms. The summed E-state index contributed by atoms with van der Waals surface area (Å²) in [5.41, 5.74) is 0. The molecule has 0 aromatic carbocycles. The Morgan fingerprint density at radius 1 is 1.00 bits per heavy atom. The van der Waals surface area contributed by atoms with Gasteiger partial charge in [-0.2, -0.15) is 0 Å². The summed E-state index contributed by atoms with van der Waals surface area (Å²) in [5.74, 6) is 0.264. The number of carbonyl (C=O) groups excluding carboxylic acids is 2. The van der Waals surface area contributed by atoms with Crippen LogP contribution in [0.5, 0.6) is 0 Å². The summed E-state index contributed by atoms with van der Waals surface area (Å²) in [4.78, 5) is 32.5. The summed E-state index contributed by atoms with van der Waals surface area (Å²) in [6.07, 6.45) is 10.4. The van der Waals surface area contributed by atoms with Gasteiger partial charge in [-0.25, -0.2) is 5.06 Å². The van der Waals surface area contributed by atoms with Gasteiger partial charge in [-0.3, -0.25) is 14.4 Å². The summed E-state index contributed by atoms with van der Waals surface area (Å²) >= 11 is 0. The molecule has 3 fully saturated rings. The third-order valence-electron chi connectivity index (χ3n) is 5.31. The number of likely N-dealkylation sites (tertiary alicyclic amines) is 1. The fourth-order valence-corrected chi connectivity index (χ4v) is 3.97. The van der Waals surface area contributed by atoms with E-state index in [2.05, 4.69) is 0 Å². The lowest BCUT2D eigenvalue weighted by Gasteiger charge is -2.39. The second kappa shape index (κ2) is 7.44. The number of nitrogens with zero attached hydrogens (tertiary/aromatic N) is 2. The molecule has 0 unspecified atom stereocenters. The van der Waals surface area contributed by atoms with Gasteiger partial charge < -0.3 is 4.90 Å². The predicted octanol–water partition coefficient (Wildman–Crippen LogP) is 2.50. The van der Waals surface area contributed by atoms with E-state index in [1.54, 1.807) is 5.06 Å². The van der Waals surface area contributed by atoms with Gasteiger partial charge in [0.25, 0.3) is 5.91 Å². The van der Waals surface area contributed by atoms with E-state index in [9.17, 15) is 9.59 Å². The first-order chi connectivity index (χ1) is 10.8. The molecular weight excluding hydrogens is 280 g/mol. The number of amides is 2. The molecule has 2 aliphatic heterocycles. The quantitative estimate of drug-likeness (QED) is 0.737. The molecule has 3 aliphatic rings. The molecule has 5 heteroatoms. The molecule has 0 radical (unpaired) electrons. The van der Waals surface area contributed by atoms with Crippen molar-refractivity contribution in [1.82, 2.24) is 9.96 Å². The van der Waals surface area contributed by atoms with Crippen LogP contribution < -0.4 is 0 Å². The SMILES string of the molecule is O=C([C@@H]1CCC(=O)N(C2CCCCCC2)C1)N1CCCCO1. The Bertz CT molecular complexity index is 399. The number of rotatable bonds is 2. The number of hydrogen-bond donors (Lipinski definition) is 0. The molecule has 5 nitrogen and oxygen atoms in total. The van der Waals surface area contributed by atoms with Gasteiger partial charge in [0.2, 0.25) is 5.91 Å². The summed E-state index contributed by atoms with van der Waals surface area (Å²) in [6, 6.07) is 0.355. The maximum atomic E-state index is 12.6. The molecule has 2 saturated heterocycles. The first-order valence-corrected chi connectivity index (χ1v) is 8.99. The van der Waals surface area contributed by atoms with Gasteiger partial charge in [0.1, 0.15) is 0 Å². The largest absolute Gasteiger partial charge is 0.339 e. The van der Waals surface area contributed by atoms with E-state index in [0.717, 1.165) is 25.7 Å². The minimum absolute atomic E-state index is 0.0703. The monoisotopic (exact) mass is 308 g/mol. The van der Waals surface area contributed by atoms with Crippen molar-refractivity contribution < 1.29 is 14.4 Å². The van der Waals surface area contributed by atoms with E-state index in [1.165, 1.54) is 25.7 Å². The Labute approximate surface area is 132 Å². The van der Waals surface area contributed by atoms with E-state index < -0.39 is 0 Å². The van der Waals surface area contributed by atoms with Crippen LogP contribution in [-0.4, -0.2) is 47.5 Å². The van der Waals surface area contributed by atoms with Crippen LogP contribution in [-0.2, 0) is 14.4 Å². The van der Waals surface area contributed by atoms with Crippen molar-refractivity contribution in [2.45, 2.75) is 70.3 Å². The van der Waals surface area contributed by atoms with Crippen LogP contribution in [0.3, 0.4) is 0 Å². The van der Waals surface area contributed by atoms with Crippen molar-refractivity contribution in [1.29, 1.82) is 0 Å². The van der Waals surface area contributed by atoms with Gasteiger partial charge >= 0.3 is 0 Å². The maximum Gasteiger partial charge on any atom is 0.251 e. The lowest BCUT2D eigenvalue weighted by Crippen LogP contribution is -2.51. The highest BCUT2D eigenvalue weighted by Gasteiger charge is 2.36. The topological polar surface area (TPSA) is 49.9 Å². The van der Waals surface area contributed by atoms with Crippen molar-refractivity contribution in [2.75, 3.05) is 19.7 Å². The highest BCUT2D eigenvalue weighted by atomic mass is 16.7. The number of hydroxylamine groups is 2. The molecule has 0 aromatic heterocycles. The van der Waals surface area contributed by atoms with E-state index >= 15 is 0 Å². The van der Waals surface area contributed by atoms with Crippen molar-refractivity contribution in [3.05, 3.63) is 0 Å². The molecule has 1 saturated carbocycles. The second-order valence-electron chi connectivity index (χ2n) is 6.91. The Morgan fingerprint density at radius 3 is 2.45 bits per heavy atom. The zero-order valence-electron chi connectivity index (χ0n) is 13.5. The van der Waals surface area contributed by atoms with Crippen LogP contribution in [0.25, 0.3) is 0 Å². The highest BCUT2D eigenvalue weighted by Crippen LogP contribution is 2.28. The molecule has 3 rings (SSSR count). The molecule has 22 heavy (non-hydrogen) atoms. The highest BCUT2D eigenvalue weighted by molar-refractivity contribution is 5.83. The minimum Gasteiger partial charge on any atom is -0.339 e. The average Bonchev–Trinajstić information content (AvgIpc) is 2.85. The zero-order valence-corrected chi connectivity index (χ0v) is 13.5. The van der Waals surface area contributed by atoms with Crippen LogP contribution in [0.1, 0.15) is 64.2 Å². The molecule has 2 heterocycles. The standard InChI is InChI=1S/C17H28N2O3/c20-16-10-9-14(17(21)19-11-5-6-12-22-19)13-18(16)15-7-3-1-2-4-8-15/h14-15H,1-13H2/t14-/m1/s1. The van der Waals surface area contributed by atoms with Crippen LogP contribution in [0.4, 0.5) is 0 Å². The van der Waals surface area contributed by atoms with Crippen LogP contribution in [0.15, 0.2) is 0 Å². The molecule has 0 aromatic rings. The van der Waals surface area contributed by atoms with Gasteiger partial charge in [0, 0.05) is 25.6 Å². The van der Waals surface area contributed by atoms with Crippen molar-refractivity contribution in [3.63, 3.8) is 0 Å². The first-order valence-electron chi connectivity index (χ1n) is 8.99. The molecule has 1 aliphatic carbocycles. The number of carbonyl (C=O) groups is 2. The normalized spacial score (nSPS) is 28.5. The third-order valence-corrected chi connectivity index (χ3v) is 5.31. The first kappa shape index (κ1) is 15.8. The van der Waals surface area contributed by atoms with E-state index in [1.807, 2.05) is 4.90 Å². The average molecular weight is 308 g/mol. The fourth-order valence-electron chi connectivity index (χ4n) is 3.97. The lowest BCUT2D eigenvalue weighted by atomic mass is 9.93. The summed E-state index contributed by atoms with van der Waals surface area (Å²) in [7, 11) is 0. The number of hydrogen-bond acceptors (Lipinski definition) is 3.